The van der Waals surface area contributed by atoms with Crippen LogP contribution in [0.3, 0.4) is 0 Å². The number of carbonyl (C=O) groups excluding carboxylic acids is 1. The minimum absolute atomic E-state index is 0.0329. The number of hydrogen-bond acceptors (Lipinski definition) is 3. The number of β-amino-alcohol motifs (C(OH)–C–C–N with tert-alkyl or cyclic N) is 1. The van der Waals surface area contributed by atoms with Crippen LogP contribution in [0.4, 0.5) is 0 Å². The molecule has 0 bridgehead atoms. The molecule has 1 heterocycles. The predicted molar refractivity (Wildman–Crippen MR) is 85.7 cm³/mol. The molecule has 1 N–H and O–H groups in total. The summed E-state index contributed by atoms with van der Waals surface area (Å²) in [5, 5.41) is 11.9. The molecule has 0 saturated carbocycles. The third-order valence-electron chi connectivity index (χ3n) is 4.14. The number of aliphatic hydroxyl groups is 1. The highest BCUT2D eigenvalue weighted by atomic mass is 16.5. The molecule has 0 aromatic heterocycles. The molecule has 1 amide bonds. The van der Waals surface area contributed by atoms with Crippen LogP contribution in [0, 0.1) is 0 Å². The van der Waals surface area contributed by atoms with Gasteiger partial charge in [0.15, 0.2) is 0 Å². The lowest BCUT2D eigenvalue weighted by atomic mass is 10.0. The quantitative estimate of drug-likeness (QED) is 0.859. The van der Waals surface area contributed by atoms with Crippen LogP contribution in [0.15, 0.2) is 42.5 Å². The van der Waals surface area contributed by atoms with Crippen molar-refractivity contribution in [2.75, 3.05) is 26.3 Å². The highest BCUT2D eigenvalue weighted by Gasteiger charge is 2.24. The number of benzene rings is 2. The largest absolute Gasteiger partial charge is 0.391 e. The van der Waals surface area contributed by atoms with Crippen LogP contribution in [0.1, 0.15) is 12.0 Å². The number of aliphatic hydroxyl groups excluding tert-OH is 1. The summed E-state index contributed by atoms with van der Waals surface area (Å²) in [6, 6.07) is 14.5. The van der Waals surface area contributed by atoms with Gasteiger partial charge in [-0.15, -0.1) is 0 Å². The van der Waals surface area contributed by atoms with E-state index < -0.39 is 0 Å². The average molecular weight is 299 g/mol. The molecule has 3 rings (SSSR count). The summed E-state index contributed by atoms with van der Waals surface area (Å²) in [5.41, 5.74) is 1.24. The van der Waals surface area contributed by atoms with E-state index in [0.29, 0.717) is 26.1 Å². The predicted octanol–water partition coefficient (Wildman–Crippen LogP) is 1.99. The van der Waals surface area contributed by atoms with E-state index in [1.54, 1.807) is 4.90 Å². The lowest BCUT2D eigenvalue weighted by Crippen LogP contribution is -2.32. The summed E-state index contributed by atoms with van der Waals surface area (Å²) >= 11 is 0. The summed E-state index contributed by atoms with van der Waals surface area (Å²) in [6.07, 6.45) is 1.08. The Morgan fingerprint density at radius 3 is 2.86 bits per heavy atom. The summed E-state index contributed by atoms with van der Waals surface area (Å²) in [5.74, 6) is -0.0329. The summed E-state index contributed by atoms with van der Waals surface area (Å²) in [4.78, 5) is 13.6. The van der Waals surface area contributed by atoms with Crippen LogP contribution in [0.2, 0.25) is 0 Å². The number of likely N-dealkylation sites (tertiary alicyclic amines) is 1. The third-order valence-corrected chi connectivity index (χ3v) is 4.14. The number of hydrogen-bond donors (Lipinski definition) is 1. The van der Waals surface area contributed by atoms with Crippen molar-refractivity contribution < 1.29 is 14.6 Å². The number of carbonyl (C=O) groups is 1. The Hall–Kier alpha value is -1.91. The molecular formula is C18H21NO3. The summed E-state index contributed by atoms with van der Waals surface area (Å²) in [6.45, 7) is 1.69. The lowest BCUT2D eigenvalue weighted by molar-refractivity contribution is -0.135. The summed E-state index contributed by atoms with van der Waals surface area (Å²) in [7, 11) is 0. The van der Waals surface area contributed by atoms with E-state index in [-0.39, 0.29) is 18.6 Å². The van der Waals surface area contributed by atoms with Crippen molar-refractivity contribution in [2.45, 2.75) is 18.9 Å². The first kappa shape index (κ1) is 15.0. The van der Waals surface area contributed by atoms with Gasteiger partial charge in [-0.1, -0.05) is 42.5 Å². The van der Waals surface area contributed by atoms with E-state index in [2.05, 4.69) is 30.3 Å². The van der Waals surface area contributed by atoms with Gasteiger partial charge in [0.25, 0.3) is 0 Å². The van der Waals surface area contributed by atoms with Crippen LogP contribution in [0.5, 0.6) is 0 Å². The third kappa shape index (κ3) is 3.46. The molecular weight excluding hydrogens is 278 g/mol. The first-order valence-corrected chi connectivity index (χ1v) is 7.74. The number of nitrogens with zero attached hydrogens (tertiary/aromatic N) is 1. The van der Waals surface area contributed by atoms with E-state index >= 15 is 0 Å². The van der Waals surface area contributed by atoms with Crippen molar-refractivity contribution in [3.05, 3.63) is 48.0 Å². The van der Waals surface area contributed by atoms with E-state index in [4.69, 9.17) is 4.74 Å². The first-order valence-electron chi connectivity index (χ1n) is 7.74. The second kappa shape index (κ2) is 6.90. The van der Waals surface area contributed by atoms with Gasteiger partial charge < -0.3 is 14.7 Å². The fourth-order valence-electron chi connectivity index (χ4n) is 2.91. The Kier molecular flexibility index (Phi) is 4.71. The molecule has 1 aliphatic rings. The monoisotopic (exact) mass is 299 g/mol. The van der Waals surface area contributed by atoms with Crippen molar-refractivity contribution in [1.82, 2.24) is 4.90 Å². The molecule has 1 unspecified atom stereocenters. The van der Waals surface area contributed by atoms with Crippen LogP contribution in [-0.4, -0.2) is 48.3 Å². The molecule has 0 spiro atoms. The fraction of sp³-hybridized carbons (Fsp3) is 0.389. The Balaban J connectivity index is 1.49. The normalized spacial score (nSPS) is 18.0. The molecule has 116 valence electrons. The molecule has 22 heavy (non-hydrogen) atoms. The summed E-state index contributed by atoms with van der Waals surface area (Å²) < 4.78 is 5.52. The molecule has 1 fully saturated rings. The van der Waals surface area contributed by atoms with Gasteiger partial charge in [0.1, 0.15) is 6.61 Å². The molecule has 1 saturated heterocycles. The number of amides is 1. The Morgan fingerprint density at radius 2 is 2.05 bits per heavy atom. The van der Waals surface area contributed by atoms with Crippen molar-refractivity contribution in [3.63, 3.8) is 0 Å². The van der Waals surface area contributed by atoms with Crippen LogP contribution < -0.4 is 0 Å². The van der Waals surface area contributed by atoms with Crippen molar-refractivity contribution >= 4 is 16.7 Å². The highest BCUT2D eigenvalue weighted by Crippen LogP contribution is 2.18. The molecule has 0 radical (unpaired) electrons. The second-order valence-electron chi connectivity index (χ2n) is 5.72. The van der Waals surface area contributed by atoms with Gasteiger partial charge in [-0.25, -0.2) is 0 Å². The molecule has 1 atom stereocenters. The van der Waals surface area contributed by atoms with Gasteiger partial charge in [0.05, 0.1) is 12.7 Å². The average Bonchev–Trinajstić information content (AvgIpc) is 2.98. The van der Waals surface area contributed by atoms with Crippen LogP contribution >= 0.6 is 0 Å². The fourth-order valence-corrected chi connectivity index (χ4v) is 2.91. The number of ether oxygens (including phenoxy) is 1. The standard InChI is InChI=1S/C18H21NO3/c20-16-8-10-19(12-16)18(21)13-22-11-9-15-6-3-5-14-4-1-2-7-17(14)15/h1-7,16,20H,8-13H2. The SMILES string of the molecule is O=C(COCCc1cccc2ccccc12)N1CCC(O)C1. The zero-order valence-electron chi connectivity index (χ0n) is 12.6. The Bertz CT molecular complexity index is 650. The highest BCUT2D eigenvalue weighted by molar-refractivity contribution is 5.85. The molecule has 0 aliphatic carbocycles. The Labute approximate surface area is 130 Å². The number of rotatable bonds is 5. The van der Waals surface area contributed by atoms with Crippen LogP contribution in [0.25, 0.3) is 10.8 Å². The number of fused-ring (bicyclic) bond motifs is 1. The minimum Gasteiger partial charge on any atom is -0.391 e. The van der Waals surface area contributed by atoms with Crippen molar-refractivity contribution in [2.24, 2.45) is 0 Å². The van der Waals surface area contributed by atoms with Gasteiger partial charge in [-0.3, -0.25) is 4.79 Å². The van der Waals surface area contributed by atoms with Gasteiger partial charge >= 0.3 is 0 Å². The van der Waals surface area contributed by atoms with Crippen LogP contribution in [-0.2, 0) is 16.0 Å². The molecule has 1 aliphatic heterocycles. The zero-order valence-corrected chi connectivity index (χ0v) is 12.6. The molecule has 4 heteroatoms. The second-order valence-corrected chi connectivity index (χ2v) is 5.72. The van der Waals surface area contributed by atoms with Gasteiger partial charge in [0, 0.05) is 13.1 Å². The lowest BCUT2D eigenvalue weighted by Gasteiger charge is -2.15. The molecule has 2 aromatic rings. The molecule has 2 aromatic carbocycles. The molecule has 4 nitrogen and oxygen atoms in total. The van der Waals surface area contributed by atoms with Crippen molar-refractivity contribution in [1.29, 1.82) is 0 Å². The van der Waals surface area contributed by atoms with E-state index in [1.807, 2.05) is 12.1 Å². The van der Waals surface area contributed by atoms with Gasteiger partial charge in [0.2, 0.25) is 5.91 Å². The maximum atomic E-state index is 11.9. The maximum absolute atomic E-state index is 11.9. The topological polar surface area (TPSA) is 49.8 Å². The maximum Gasteiger partial charge on any atom is 0.248 e. The van der Waals surface area contributed by atoms with Gasteiger partial charge in [-0.05, 0) is 29.2 Å². The minimum atomic E-state index is -0.375. The first-order chi connectivity index (χ1) is 10.7. The van der Waals surface area contributed by atoms with Gasteiger partial charge in [-0.2, -0.15) is 0 Å². The smallest absolute Gasteiger partial charge is 0.248 e. The Morgan fingerprint density at radius 1 is 1.23 bits per heavy atom. The van der Waals surface area contributed by atoms with Crippen molar-refractivity contribution in [3.8, 4) is 0 Å². The zero-order chi connectivity index (χ0) is 15.4. The van der Waals surface area contributed by atoms with E-state index in [9.17, 15) is 9.90 Å². The van der Waals surface area contributed by atoms with E-state index in [0.717, 1.165) is 6.42 Å². The van der Waals surface area contributed by atoms with E-state index in [1.165, 1.54) is 16.3 Å².